The van der Waals surface area contributed by atoms with Crippen LogP contribution in [0.1, 0.15) is 0 Å². The summed E-state index contributed by atoms with van der Waals surface area (Å²) >= 11 is 1.85. The molecule has 4 nitrogen and oxygen atoms in total. The number of benzene rings is 4. The average molecular weight is 517 g/mol. The standard InChI is InChI=1S/C34H20N4S/c1-2-10-21(11-3-1)37-26-15-6-4-13-24(26)30-32-25(20-36-34(30)37)31-27(17-9-19-35-31)38(32)28-16-8-14-23-22-12-5-7-18-29(22)39-33(23)28/h1-20H. The Bertz CT molecular complexity index is 2390. The Kier molecular flexibility index (Phi) is 4.18. The lowest BCUT2D eigenvalue weighted by Gasteiger charge is -2.10. The number of fused-ring (bicyclic) bond motifs is 10. The third kappa shape index (κ3) is 2.77. The minimum absolute atomic E-state index is 0.947. The fraction of sp³-hybridized carbons (Fsp3) is 0. The van der Waals surface area contributed by atoms with Crippen molar-refractivity contribution in [1.29, 1.82) is 0 Å². The summed E-state index contributed by atoms with van der Waals surface area (Å²) in [6.07, 6.45) is 3.89. The van der Waals surface area contributed by atoms with E-state index in [1.54, 1.807) is 0 Å². The molecule has 9 rings (SSSR count). The van der Waals surface area contributed by atoms with Crippen molar-refractivity contribution in [2.45, 2.75) is 0 Å². The molecule has 9 aromatic rings. The fourth-order valence-corrected chi connectivity index (χ4v) is 7.42. The highest BCUT2D eigenvalue weighted by atomic mass is 32.1. The van der Waals surface area contributed by atoms with Gasteiger partial charge in [-0.2, -0.15) is 0 Å². The predicted molar refractivity (Wildman–Crippen MR) is 164 cm³/mol. The monoisotopic (exact) mass is 516 g/mol. The van der Waals surface area contributed by atoms with Gasteiger partial charge in [0.05, 0.1) is 37.8 Å². The first-order valence-corrected chi connectivity index (χ1v) is 13.8. The number of hydrogen-bond acceptors (Lipinski definition) is 3. The molecule has 0 unspecified atom stereocenters. The third-order valence-corrected chi connectivity index (χ3v) is 9.01. The van der Waals surface area contributed by atoms with Crippen LogP contribution in [0.15, 0.2) is 122 Å². The van der Waals surface area contributed by atoms with Crippen LogP contribution < -0.4 is 0 Å². The zero-order valence-electron chi connectivity index (χ0n) is 20.7. The molecule has 0 N–H and O–H groups in total. The largest absolute Gasteiger partial charge is 0.305 e. The summed E-state index contributed by atoms with van der Waals surface area (Å²) in [4.78, 5) is 9.96. The first kappa shape index (κ1) is 21.0. The Balaban J connectivity index is 1.54. The van der Waals surface area contributed by atoms with Gasteiger partial charge in [-0.3, -0.25) is 9.55 Å². The van der Waals surface area contributed by atoms with E-state index in [4.69, 9.17) is 9.97 Å². The molecular weight excluding hydrogens is 496 g/mol. The van der Waals surface area contributed by atoms with Crippen molar-refractivity contribution in [3.05, 3.63) is 122 Å². The van der Waals surface area contributed by atoms with Crippen LogP contribution in [0.25, 0.3) is 75.4 Å². The molecule has 0 spiro atoms. The van der Waals surface area contributed by atoms with E-state index in [2.05, 4.69) is 112 Å². The van der Waals surface area contributed by atoms with E-state index >= 15 is 0 Å². The molecule has 182 valence electrons. The average Bonchev–Trinajstić information content (AvgIpc) is 3.65. The van der Waals surface area contributed by atoms with E-state index in [1.165, 1.54) is 31.2 Å². The maximum absolute atomic E-state index is 5.09. The van der Waals surface area contributed by atoms with Gasteiger partial charge in [0, 0.05) is 44.3 Å². The van der Waals surface area contributed by atoms with Gasteiger partial charge >= 0.3 is 0 Å². The summed E-state index contributed by atoms with van der Waals surface area (Å²) in [5, 5.41) is 5.96. The van der Waals surface area contributed by atoms with E-state index in [0.29, 0.717) is 0 Å². The number of para-hydroxylation sites is 2. The van der Waals surface area contributed by atoms with E-state index in [-0.39, 0.29) is 0 Å². The Morgan fingerprint density at radius 1 is 0.564 bits per heavy atom. The zero-order valence-corrected chi connectivity index (χ0v) is 21.6. The number of hydrogen-bond donors (Lipinski definition) is 0. The van der Waals surface area contributed by atoms with Crippen molar-refractivity contribution < 1.29 is 0 Å². The van der Waals surface area contributed by atoms with Gasteiger partial charge in [0.15, 0.2) is 0 Å². The first-order chi connectivity index (χ1) is 19.4. The Labute approximate surface area is 227 Å². The Morgan fingerprint density at radius 3 is 2.26 bits per heavy atom. The lowest BCUT2D eigenvalue weighted by Crippen LogP contribution is -1.97. The highest BCUT2D eigenvalue weighted by Crippen LogP contribution is 2.43. The molecule has 0 fully saturated rings. The van der Waals surface area contributed by atoms with Gasteiger partial charge in [0.2, 0.25) is 0 Å². The molecule has 0 radical (unpaired) electrons. The Morgan fingerprint density at radius 2 is 1.33 bits per heavy atom. The van der Waals surface area contributed by atoms with Gasteiger partial charge in [0.1, 0.15) is 5.65 Å². The normalized spacial score (nSPS) is 12.1. The van der Waals surface area contributed by atoms with Crippen LogP contribution in [0, 0.1) is 0 Å². The molecule has 0 amide bonds. The molecule has 5 heteroatoms. The quantitative estimate of drug-likeness (QED) is 0.230. The summed E-state index contributed by atoms with van der Waals surface area (Å²) in [5.41, 5.74) is 7.56. The van der Waals surface area contributed by atoms with Crippen molar-refractivity contribution >= 4 is 75.4 Å². The zero-order chi connectivity index (χ0) is 25.5. The molecule has 39 heavy (non-hydrogen) atoms. The lowest BCUT2D eigenvalue weighted by molar-refractivity contribution is 1.14. The summed E-state index contributed by atoms with van der Waals surface area (Å²) < 4.78 is 7.27. The molecule has 0 saturated heterocycles. The molecule has 0 aliphatic carbocycles. The summed E-state index contributed by atoms with van der Waals surface area (Å²) in [6, 6.07) is 38.7. The SMILES string of the molecule is c1ccc(-n2c3ccccc3c3c2ncc2c4ncccc4n(-c4cccc5c4sc4ccccc45)c23)cc1. The number of nitrogens with zero attached hydrogens (tertiary/aromatic N) is 4. The van der Waals surface area contributed by atoms with Crippen LogP contribution in [0.4, 0.5) is 0 Å². The van der Waals surface area contributed by atoms with Crippen LogP contribution in [-0.4, -0.2) is 19.1 Å². The van der Waals surface area contributed by atoms with E-state index < -0.39 is 0 Å². The second-order valence-electron chi connectivity index (χ2n) is 9.87. The van der Waals surface area contributed by atoms with Gasteiger partial charge in [-0.05, 0) is 42.5 Å². The van der Waals surface area contributed by atoms with E-state index in [9.17, 15) is 0 Å². The van der Waals surface area contributed by atoms with Crippen molar-refractivity contribution in [3.63, 3.8) is 0 Å². The molecule has 0 atom stereocenters. The van der Waals surface area contributed by atoms with Gasteiger partial charge in [-0.15, -0.1) is 11.3 Å². The minimum Gasteiger partial charge on any atom is -0.305 e. The molecule has 5 aromatic heterocycles. The van der Waals surface area contributed by atoms with Crippen LogP contribution in [0.3, 0.4) is 0 Å². The fourth-order valence-electron chi connectivity index (χ4n) is 6.21. The van der Waals surface area contributed by atoms with Crippen molar-refractivity contribution in [3.8, 4) is 11.4 Å². The highest BCUT2D eigenvalue weighted by molar-refractivity contribution is 7.26. The predicted octanol–water partition coefficient (Wildman–Crippen LogP) is 9.04. The minimum atomic E-state index is 0.947. The number of pyridine rings is 2. The number of rotatable bonds is 2. The Hall–Kier alpha value is -5.00. The molecular formula is C34H20N4S. The molecule has 0 aliphatic heterocycles. The third-order valence-electron chi connectivity index (χ3n) is 7.80. The van der Waals surface area contributed by atoms with E-state index in [1.807, 2.05) is 29.8 Å². The maximum atomic E-state index is 5.09. The lowest BCUT2D eigenvalue weighted by atomic mass is 10.1. The van der Waals surface area contributed by atoms with Crippen molar-refractivity contribution in [2.75, 3.05) is 0 Å². The summed E-state index contributed by atoms with van der Waals surface area (Å²) in [7, 11) is 0. The highest BCUT2D eigenvalue weighted by Gasteiger charge is 2.23. The van der Waals surface area contributed by atoms with Crippen molar-refractivity contribution in [1.82, 2.24) is 19.1 Å². The second-order valence-corrected chi connectivity index (χ2v) is 10.9. The molecule has 0 aliphatic rings. The molecule has 5 heterocycles. The van der Waals surface area contributed by atoms with Gasteiger partial charge < -0.3 is 4.57 Å². The van der Waals surface area contributed by atoms with Crippen molar-refractivity contribution in [2.24, 2.45) is 0 Å². The van der Waals surface area contributed by atoms with Crippen LogP contribution in [0.2, 0.25) is 0 Å². The van der Waals surface area contributed by atoms with Gasteiger partial charge in [0.25, 0.3) is 0 Å². The van der Waals surface area contributed by atoms with Crippen LogP contribution in [0.5, 0.6) is 0 Å². The van der Waals surface area contributed by atoms with Crippen LogP contribution >= 0.6 is 11.3 Å². The maximum Gasteiger partial charge on any atom is 0.147 e. The summed E-state index contributed by atoms with van der Waals surface area (Å²) in [5.74, 6) is 0. The summed E-state index contributed by atoms with van der Waals surface area (Å²) in [6.45, 7) is 0. The van der Waals surface area contributed by atoms with E-state index in [0.717, 1.165) is 44.2 Å². The smallest absolute Gasteiger partial charge is 0.147 e. The first-order valence-electron chi connectivity index (χ1n) is 13.0. The number of thiophene rings is 1. The molecule has 0 saturated carbocycles. The van der Waals surface area contributed by atoms with Crippen LogP contribution in [-0.2, 0) is 0 Å². The second kappa shape index (κ2) is 7.76. The van der Waals surface area contributed by atoms with Gasteiger partial charge in [-0.25, -0.2) is 4.98 Å². The molecule has 4 aromatic carbocycles. The molecule has 0 bridgehead atoms. The van der Waals surface area contributed by atoms with Gasteiger partial charge in [-0.1, -0.05) is 66.7 Å². The number of aromatic nitrogens is 4. The topological polar surface area (TPSA) is 35.6 Å².